The topological polar surface area (TPSA) is 204 Å². The molecule has 4 heterocycles. The molecule has 4 aromatic rings. The third kappa shape index (κ3) is 15.1. The highest BCUT2D eigenvalue weighted by Crippen LogP contribution is 2.37. The number of nitrogens with zero attached hydrogens (tertiary/aromatic N) is 7. The Labute approximate surface area is 453 Å². The summed E-state index contributed by atoms with van der Waals surface area (Å²) in [6.07, 6.45) is 13.6. The number of amides is 5. The zero-order chi connectivity index (χ0) is 54.4. The van der Waals surface area contributed by atoms with Crippen LogP contribution in [0.5, 0.6) is 5.75 Å². The van der Waals surface area contributed by atoms with Crippen molar-refractivity contribution in [3.8, 4) is 16.2 Å². The number of benzene rings is 2. The standard InChI is InChI=1S/C57H81N11O7S/c1-9-38(2)68(44-16-11-12-17-44)52-47(65(7)37-69)34-59-56(64-52)62-45-24-23-42(32-48(45)74-8)53(71)61-43-25-29-66(30-26-43)27-13-10-14-31-75-35-49(70)63-51(57(4,5)6)55(73)67-28-15-18-46(67)54(72)58-33-40-19-21-41(22-20-40)50-39(3)60-36-76-50/h19-24,32,34,36-38,43-44,46,51H,9-18,25-31,33,35H2,1-8H3,(H,58,72)(H,61,71)(H,63,70)(H,59,62,64). The van der Waals surface area contributed by atoms with Crippen molar-refractivity contribution < 1.29 is 33.4 Å². The van der Waals surface area contributed by atoms with Crippen LogP contribution < -0.4 is 35.8 Å². The van der Waals surface area contributed by atoms with Crippen molar-refractivity contribution in [1.82, 2.24) is 40.7 Å². The third-order valence-corrected chi connectivity index (χ3v) is 16.1. The minimum Gasteiger partial charge on any atom is -0.495 e. The quantitative estimate of drug-likeness (QED) is 0.0367. The summed E-state index contributed by atoms with van der Waals surface area (Å²) >= 11 is 1.60. The molecule has 412 valence electrons. The van der Waals surface area contributed by atoms with E-state index in [4.69, 9.17) is 14.5 Å². The van der Waals surface area contributed by atoms with Crippen LogP contribution in [0.1, 0.15) is 133 Å². The minimum absolute atomic E-state index is 0.0545. The molecule has 7 rings (SSSR count). The fourth-order valence-electron chi connectivity index (χ4n) is 10.5. The lowest BCUT2D eigenvalue weighted by molar-refractivity contribution is -0.144. The van der Waals surface area contributed by atoms with Crippen molar-refractivity contribution in [3.63, 3.8) is 0 Å². The maximum atomic E-state index is 14.0. The summed E-state index contributed by atoms with van der Waals surface area (Å²) in [5.74, 6) is 0.604. The molecule has 1 saturated carbocycles. The number of nitrogens with one attached hydrogen (secondary N) is 4. The Bertz CT molecular complexity index is 2570. The number of aryl methyl sites for hydroxylation is 1. The first-order valence-electron chi connectivity index (χ1n) is 27.3. The number of carbonyl (C=O) groups excluding carboxylic acids is 5. The molecule has 4 N–H and O–H groups in total. The Morgan fingerprint density at radius 3 is 2.37 bits per heavy atom. The smallest absolute Gasteiger partial charge is 0.251 e. The number of anilines is 4. The monoisotopic (exact) mass is 1060 g/mol. The van der Waals surface area contributed by atoms with E-state index in [1.54, 1.807) is 48.7 Å². The Balaban J connectivity index is 0.794. The second-order valence-corrected chi connectivity index (χ2v) is 22.6. The number of ether oxygens (including phenoxy) is 2. The van der Waals surface area contributed by atoms with Crippen molar-refractivity contribution in [2.24, 2.45) is 5.41 Å². The highest BCUT2D eigenvalue weighted by Gasteiger charge is 2.42. The van der Waals surface area contributed by atoms with Gasteiger partial charge in [-0.25, -0.2) is 9.97 Å². The molecule has 3 fully saturated rings. The van der Waals surface area contributed by atoms with Gasteiger partial charge in [-0.2, -0.15) is 4.98 Å². The summed E-state index contributed by atoms with van der Waals surface area (Å²) in [7, 11) is 3.29. The molecule has 3 unspecified atom stereocenters. The first-order valence-corrected chi connectivity index (χ1v) is 28.2. The maximum Gasteiger partial charge on any atom is 0.251 e. The normalized spacial score (nSPS) is 17.2. The zero-order valence-electron chi connectivity index (χ0n) is 46.0. The molecule has 76 heavy (non-hydrogen) atoms. The fraction of sp³-hybridized carbons (Fsp3) is 0.579. The van der Waals surface area contributed by atoms with Crippen LogP contribution in [-0.4, -0.2) is 139 Å². The molecule has 3 atom stereocenters. The van der Waals surface area contributed by atoms with Crippen molar-refractivity contribution in [2.75, 3.05) is 68.7 Å². The molecule has 2 aromatic carbocycles. The number of rotatable bonds is 25. The van der Waals surface area contributed by atoms with E-state index in [9.17, 15) is 24.0 Å². The number of thiazole rings is 1. The molecule has 2 aromatic heterocycles. The second-order valence-electron chi connectivity index (χ2n) is 21.7. The number of hydrogen-bond acceptors (Lipinski definition) is 14. The van der Waals surface area contributed by atoms with Gasteiger partial charge < -0.3 is 50.3 Å². The van der Waals surface area contributed by atoms with Gasteiger partial charge in [0.25, 0.3) is 5.91 Å². The Hall–Kier alpha value is -6.18. The van der Waals surface area contributed by atoms with Crippen LogP contribution >= 0.6 is 11.3 Å². The third-order valence-electron chi connectivity index (χ3n) is 15.1. The van der Waals surface area contributed by atoms with Gasteiger partial charge in [0, 0.05) is 63.5 Å². The number of carbonyl (C=O) groups is 5. The van der Waals surface area contributed by atoms with E-state index in [0.717, 1.165) is 105 Å². The minimum atomic E-state index is -0.818. The summed E-state index contributed by atoms with van der Waals surface area (Å²) in [4.78, 5) is 89.0. The average molecular weight is 1060 g/mol. The van der Waals surface area contributed by atoms with Crippen LogP contribution in [0.3, 0.4) is 0 Å². The van der Waals surface area contributed by atoms with E-state index in [1.165, 1.54) is 17.7 Å². The van der Waals surface area contributed by atoms with E-state index in [0.29, 0.717) is 67.2 Å². The van der Waals surface area contributed by atoms with Crippen LogP contribution in [0, 0.1) is 12.3 Å². The summed E-state index contributed by atoms with van der Waals surface area (Å²) < 4.78 is 11.5. The molecule has 1 aliphatic carbocycles. The van der Waals surface area contributed by atoms with Crippen molar-refractivity contribution in [2.45, 2.75) is 155 Å². The molecule has 0 spiro atoms. The molecule has 2 aliphatic heterocycles. The van der Waals surface area contributed by atoms with Gasteiger partial charge in [-0.05, 0) is 119 Å². The van der Waals surface area contributed by atoms with Gasteiger partial charge in [0.1, 0.15) is 30.1 Å². The van der Waals surface area contributed by atoms with Gasteiger partial charge in [-0.3, -0.25) is 24.0 Å². The SMILES string of the molecule is CCC(C)N(c1nc(Nc2ccc(C(=O)NC3CCN(CCCCCOCC(=O)NC(C(=O)N4CCCC4C(=O)NCc4ccc(-c5scnc5C)cc4)C(C)(C)C)CC3)cc2OC)ncc1N(C)C=O)C1CCCC1. The van der Waals surface area contributed by atoms with E-state index >= 15 is 0 Å². The lowest BCUT2D eigenvalue weighted by Gasteiger charge is -2.37. The summed E-state index contributed by atoms with van der Waals surface area (Å²) in [5, 5.41) is 12.5. The van der Waals surface area contributed by atoms with Crippen molar-refractivity contribution in [1.29, 1.82) is 0 Å². The Morgan fingerprint density at radius 1 is 0.947 bits per heavy atom. The molecule has 18 nitrogen and oxygen atoms in total. The van der Waals surface area contributed by atoms with Crippen LogP contribution in [0.15, 0.2) is 54.2 Å². The molecule has 5 amide bonds. The first kappa shape index (κ1) is 57.5. The van der Waals surface area contributed by atoms with Crippen LogP contribution in [0.4, 0.5) is 23.1 Å². The van der Waals surface area contributed by atoms with E-state index < -0.39 is 17.5 Å². The largest absolute Gasteiger partial charge is 0.495 e. The number of piperidine rings is 1. The van der Waals surface area contributed by atoms with Crippen LogP contribution in [0.25, 0.3) is 10.4 Å². The summed E-state index contributed by atoms with van der Waals surface area (Å²) in [5.41, 5.74) is 6.05. The predicted octanol–water partition coefficient (Wildman–Crippen LogP) is 8.02. The lowest BCUT2D eigenvalue weighted by Crippen LogP contribution is -2.58. The number of hydrogen-bond donors (Lipinski definition) is 4. The molecule has 3 aliphatic rings. The predicted molar refractivity (Wildman–Crippen MR) is 299 cm³/mol. The lowest BCUT2D eigenvalue weighted by atomic mass is 9.85. The first-order chi connectivity index (χ1) is 36.6. The Morgan fingerprint density at radius 2 is 1.70 bits per heavy atom. The molecule has 2 saturated heterocycles. The average Bonchev–Trinajstić information content (AvgIpc) is 4.23. The molecule has 0 bridgehead atoms. The van der Waals surface area contributed by atoms with Gasteiger partial charge in [-0.15, -0.1) is 11.3 Å². The van der Waals surface area contributed by atoms with E-state index in [2.05, 4.69) is 54.9 Å². The van der Waals surface area contributed by atoms with Crippen LogP contribution in [-0.2, 0) is 30.5 Å². The van der Waals surface area contributed by atoms with E-state index in [-0.39, 0.29) is 42.3 Å². The molecular formula is C57H81N11O7S. The van der Waals surface area contributed by atoms with Gasteiger partial charge in [0.05, 0.1) is 35.1 Å². The van der Waals surface area contributed by atoms with Gasteiger partial charge in [0.15, 0.2) is 5.82 Å². The fourth-order valence-corrected chi connectivity index (χ4v) is 11.3. The van der Waals surface area contributed by atoms with Gasteiger partial charge in [-0.1, -0.05) is 64.8 Å². The van der Waals surface area contributed by atoms with E-state index in [1.807, 2.05) is 63.5 Å². The second kappa shape index (κ2) is 27.2. The Kier molecular flexibility index (Phi) is 20.6. The highest BCUT2D eigenvalue weighted by molar-refractivity contribution is 7.13. The van der Waals surface area contributed by atoms with Crippen molar-refractivity contribution >= 4 is 64.5 Å². The van der Waals surface area contributed by atoms with Gasteiger partial charge >= 0.3 is 0 Å². The summed E-state index contributed by atoms with van der Waals surface area (Å²) in [6, 6.07) is 12.6. The number of aromatic nitrogens is 3. The maximum absolute atomic E-state index is 14.0. The van der Waals surface area contributed by atoms with Crippen molar-refractivity contribution in [3.05, 3.63) is 71.0 Å². The summed E-state index contributed by atoms with van der Waals surface area (Å²) in [6.45, 7) is 15.9. The molecule has 0 radical (unpaired) electrons. The van der Waals surface area contributed by atoms with Crippen LogP contribution in [0.2, 0.25) is 0 Å². The highest BCUT2D eigenvalue weighted by atomic mass is 32.1. The number of methoxy groups -OCH3 is 1. The zero-order valence-corrected chi connectivity index (χ0v) is 46.8. The number of unbranched alkanes of at least 4 members (excludes halogenated alkanes) is 2. The number of likely N-dealkylation sites (tertiary alicyclic amines) is 2. The van der Waals surface area contributed by atoms with Gasteiger partial charge in [0.2, 0.25) is 30.1 Å². The molecular weight excluding hydrogens is 983 g/mol. The molecule has 19 heteroatoms.